The van der Waals surface area contributed by atoms with Crippen LogP contribution in [-0.4, -0.2) is 80.7 Å². The van der Waals surface area contributed by atoms with Gasteiger partial charge in [0, 0.05) is 38.4 Å². The molecule has 10 nitrogen and oxygen atoms in total. The quantitative estimate of drug-likeness (QED) is 0.361. The summed E-state index contributed by atoms with van der Waals surface area (Å²) in [5.41, 5.74) is -0.440. The molecule has 2 saturated heterocycles. The Kier molecular flexibility index (Phi) is 8.83. The van der Waals surface area contributed by atoms with Crippen molar-refractivity contribution >= 4 is 21.6 Å². The lowest BCUT2D eigenvalue weighted by Crippen LogP contribution is -2.64. The van der Waals surface area contributed by atoms with E-state index >= 15 is 4.39 Å². The first-order valence-electron chi connectivity index (χ1n) is 15.9. The highest BCUT2D eigenvalue weighted by atomic mass is 32.2. The molecule has 12 heteroatoms. The first kappa shape index (κ1) is 32.0. The van der Waals surface area contributed by atoms with Gasteiger partial charge in [0.15, 0.2) is 5.67 Å². The summed E-state index contributed by atoms with van der Waals surface area (Å²) in [5, 5.41) is 17.4. The van der Waals surface area contributed by atoms with Gasteiger partial charge in [-0.3, -0.25) is 9.58 Å². The first-order chi connectivity index (χ1) is 22.1. The van der Waals surface area contributed by atoms with Crippen molar-refractivity contribution in [2.45, 2.75) is 59.1 Å². The van der Waals surface area contributed by atoms with Crippen LogP contribution >= 0.6 is 0 Å². The number of carbonyl (C=O) groups is 1. The van der Waals surface area contributed by atoms with Gasteiger partial charge in [-0.1, -0.05) is 30.3 Å². The zero-order valence-electron chi connectivity index (χ0n) is 26.3. The molecule has 3 heterocycles. The second kappa shape index (κ2) is 12.7. The van der Waals surface area contributed by atoms with E-state index in [4.69, 9.17) is 4.74 Å². The molecule has 1 saturated carbocycles. The SMILES string of the molecule is CNC(=O)O[C@@H]1CCC[C@H]1C(C#N)(c1ccccc1)C1CCN(CC2(F)CN(c3ccc(S(=O)(=O)c4cnn(C)c4)cc3)C2)CC1. The fourth-order valence-corrected chi connectivity index (χ4v) is 9.11. The molecule has 244 valence electrons. The van der Waals surface area contributed by atoms with Crippen molar-refractivity contribution in [1.29, 1.82) is 5.26 Å². The Bertz CT molecular complexity index is 1680. The van der Waals surface area contributed by atoms with Crippen LogP contribution in [0, 0.1) is 23.2 Å². The molecule has 1 aliphatic carbocycles. The predicted octanol–water partition coefficient (Wildman–Crippen LogP) is 4.48. The number of piperidine rings is 1. The minimum atomic E-state index is -3.67. The maximum atomic E-state index is 15.9. The van der Waals surface area contributed by atoms with Crippen LogP contribution in [0.15, 0.2) is 76.8 Å². The lowest BCUT2D eigenvalue weighted by atomic mass is 9.59. The zero-order chi connectivity index (χ0) is 32.5. The maximum Gasteiger partial charge on any atom is 0.407 e. The molecule has 1 aromatic heterocycles. The summed E-state index contributed by atoms with van der Waals surface area (Å²) in [6, 6.07) is 19.2. The van der Waals surface area contributed by atoms with Crippen molar-refractivity contribution in [1.82, 2.24) is 20.0 Å². The molecule has 6 rings (SSSR count). The average molecular weight is 649 g/mol. The van der Waals surface area contributed by atoms with E-state index in [-0.39, 0.29) is 40.8 Å². The minimum Gasteiger partial charge on any atom is -0.446 e. The molecular weight excluding hydrogens is 607 g/mol. The van der Waals surface area contributed by atoms with Crippen molar-refractivity contribution in [2.75, 3.05) is 44.7 Å². The number of rotatable bonds is 9. The first-order valence-corrected chi connectivity index (χ1v) is 17.4. The molecule has 1 unspecified atom stereocenters. The molecule has 0 radical (unpaired) electrons. The summed E-state index contributed by atoms with van der Waals surface area (Å²) in [6.07, 6.45) is 5.92. The molecule has 0 bridgehead atoms. The highest BCUT2D eigenvalue weighted by molar-refractivity contribution is 7.91. The standard InChI is InChI=1S/C34H41FN6O4S/c1-37-32(42)45-31-10-6-9-30(31)34(21-36,25-7-4-3-5-8-25)26-15-17-40(18-16-26)22-33(35)23-41(24-33)27-11-13-28(14-12-27)46(43,44)29-19-38-39(2)20-29/h3-5,7-8,11-14,19-20,26,30-31H,6,9-10,15-18,22-24H2,1-2H3,(H,37,42)/t30-,31-,34?/m1/s1. The molecule has 3 atom stereocenters. The van der Waals surface area contributed by atoms with Crippen molar-refractivity contribution in [3.63, 3.8) is 0 Å². The molecule has 2 aliphatic heterocycles. The second-order valence-corrected chi connectivity index (χ2v) is 14.9. The molecule has 2 aromatic carbocycles. The number of nitrogens with zero attached hydrogens (tertiary/aromatic N) is 5. The van der Waals surface area contributed by atoms with E-state index in [2.05, 4.69) is 21.4 Å². The summed E-state index contributed by atoms with van der Waals surface area (Å²) in [6.45, 7) is 2.13. The number of aryl methyl sites for hydroxylation is 1. The van der Waals surface area contributed by atoms with Gasteiger partial charge in [0.05, 0.1) is 35.7 Å². The highest BCUT2D eigenvalue weighted by Crippen LogP contribution is 2.51. The van der Waals surface area contributed by atoms with Gasteiger partial charge in [-0.2, -0.15) is 10.4 Å². The van der Waals surface area contributed by atoms with Gasteiger partial charge in [-0.25, -0.2) is 17.6 Å². The molecule has 3 aromatic rings. The number of aromatic nitrogens is 2. The van der Waals surface area contributed by atoms with Gasteiger partial charge in [-0.05, 0) is 80.9 Å². The van der Waals surface area contributed by atoms with Crippen LogP contribution in [0.1, 0.15) is 37.7 Å². The fraction of sp³-hybridized carbons (Fsp3) is 0.500. The summed E-state index contributed by atoms with van der Waals surface area (Å²) in [7, 11) is -0.458. The van der Waals surface area contributed by atoms with E-state index in [1.165, 1.54) is 17.1 Å². The number of likely N-dealkylation sites (tertiary alicyclic amines) is 1. The number of alkyl halides is 1. The van der Waals surface area contributed by atoms with Crippen molar-refractivity contribution in [2.24, 2.45) is 18.9 Å². The number of nitriles is 1. The molecule has 1 amide bonds. The van der Waals surface area contributed by atoms with Gasteiger partial charge in [0.1, 0.15) is 11.0 Å². The van der Waals surface area contributed by atoms with E-state index < -0.39 is 27.0 Å². The number of ether oxygens (including phenoxy) is 1. The zero-order valence-corrected chi connectivity index (χ0v) is 27.1. The Morgan fingerprint density at radius 2 is 1.78 bits per heavy atom. The third-order valence-corrected chi connectivity index (χ3v) is 11.9. The lowest BCUT2D eigenvalue weighted by molar-refractivity contribution is 0.0165. The maximum absolute atomic E-state index is 15.9. The van der Waals surface area contributed by atoms with Crippen LogP contribution in [0.25, 0.3) is 0 Å². The number of hydrogen-bond donors (Lipinski definition) is 1. The van der Waals surface area contributed by atoms with Crippen LogP contribution in [0.3, 0.4) is 0 Å². The largest absolute Gasteiger partial charge is 0.446 e. The number of anilines is 1. The van der Waals surface area contributed by atoms with Crippen LogP contribution in [0.4, 0.5) is 14.9 Å². The summed E-state index contributed by atoms with van der Waals surface area (Å²) in [5.74, 6) is -0.0721. The Labute approximate surface area is 270 Å². The number of halogens is 1. The number of benzene rings is 2. The number of nitrogens with one attached hydrogen (secondary N) is 1. The number of alkyl carbamates (subject to hydrolysis) is 1. The fourth-order valence-electron chi connectivity index (χ4n) is 7.87. The monoisotopic (exact) mass is 648 g/mol. The Morgan fingerprint density at radius 3 is 2.39 bits per heavy atom. The van der Waals surface area contributed by atoms with E-state index in [1.807, 2.05) is 35.2 Å². The molecule has 3 aliphatic rings. The van der Waals surface area contributed by atoms with Crippen molar-refractivity contribution in [3.8, 4) is 6.07 Å². The normalized spacial score (nSPS) is 23.2. The van der Waals surface area contributed by atoms with Gasteiger partial charge in [-0.15, -0.1) is 0 Å². The molecule has 3 fully saturated rings. The molecule has 46 heavy (non-hydrogen) atoms. The summed E-state index contributed by atoms with van der Waals surface area (Å²) >= 11 is 0. The summed E-state index contributed by atoms with van der Waals surface area (Å²) in [4.78, 5) is 16.6. The molecular formula is C34H41FN6O4S. The van der Waals surface area contributed by atoms with Crippen molar-refractivity contribution < 1.29 is 22.3 Å². The number of carbonyl (C=O) groups excluding carboxylic acids is 1. The van der Waals surface area contributed by atoms with Gasteiger partial charge < -0.3 is 15.0 Å². The number of hydrogen-bond acceptors (Lipinski definition) is 8. The Morgan fingerprint density at radius 1 is 1.09 bits per heavy atom. The van der Waals surface area contributed by atoms with E-state index in [9.17, 15) is 18.5 Å². The topological polar surface area (TPSA) is 121 Å². The van der Waals surface area contributed by atoms with E-state index in [0.717, 1.165) is 43.4 Å². The van der Waals surface area contributed by atoms with Crippen LogP contribution in [0.5, 0.6) is 0 Å². The van der Waals surface area contributed by atoms with Crippen LogP contribution in [0.2, 0.25) is 0 Å². The van der Waals surface area contributed by atoms with Gasteiger partial charge in [0.2, 0.25) is 9.84 Å². The van der Waals surface area contributed by atoms with Crippen LogP contribution < -0.4 is 10.2 Å². The Hall–Kier alpha value is -3.95. The molecule has 0 spiro atoms. The van der Waals surface area contributed by atoms with E-state index in [0.29, 0.717) is 19.6 Å². The lowest BCUT2D eigenvalue weighted by Gasteiger charge is -2.50. The average Bonchev–Trinajstić information content (AvgIpc) is 3.71. The van der Waals surface area contributed by atoms with Crippen molar-refractivity contribution in [3.05, 3.63) is 72.6 Å². The third kappa shape index (κ3) is 5.98. The third-order valence-electron chi connectivity index (χ3n) is 10.1. The predicted molar refractivity (Wildman–Crippen MR) is 171 cm³/mol. The Balaban J connectivity index is 1.09. The summed E-state index contributed by atoms with van der Waals surface area (Å²) < 4.78 is 49.0. The smallest absolute Gasteiger partial charge is 0.407 e. The highest BCUT2D eigenvalue weighted by Gasteiger charge is 2.54. The number of amides is 1. The van der Waals surface area contributed by atoms with Gasteiger partial charge >= 0.3 is 6.09 Å². The van der Waals surface area contributed by atoms with Gasteiger partial charge in [0.25, 0.3) is 0 Å². The van der Waals surface area contributed by atoms with E-state index in [1.54, 1.807) is 38.4 Å². The second-order valence-electron chi connectivity index (χ2n) is 13.0. The van der Waals surface area contributed by atoms with Crippen LogP contribution in [-0.2, 0) is 27.0 Å². The minimum absolute atomic E-state index is 0.0462. The molecule has 1 N–H and O–H groups in total. The number of sulfone groups is 1.